The van der Waals surface area contributed by atoms with Gasteiger partial charge < -0.3 is 28.4 Å². The zero-order valence-corrected chi connectivity index (χ0v) is 20.7. The van der Waals surface area contributed by atoms with Crippen molar-refractivity contribution in [3.8, 4) is 23.0 Å². The molecule has 0 radical (unpaired) electrons. The summed E-state index contributed by atoms with van der Waals surface area (Å²) < 4.78 is 32.3. The van der Waals surface area contributed by atoms with Gasteiger partial charge in [0.1, 0.15) is 55.8 Å². The smallest absolute Gasteiger partial charge is 0.317 e. The van der Waals surface area contributed by atoms with Crippen molar-refractivity contribution in [3.05, 3.63) is 48.5 Å². The predicted molar refractivity (Wildman–Crippen MR) is 131 cm³/mol. The molecule has 0 atom stereocenters. The molecule has 0 unspecified atom stereocenters. The summed E-state index contributed by atoms with van der Waals surface area (Å²) in [6, 6.07) is 14.5. The largest absolute Gasteiger partial charge is 0.494 e. The highest BCUT2D eigenvalue weighted by Crippen LogP contribution is 2.18. The van der Waals surface area contributed by atoms with Crippen molar-refractivity contribution in [2.45, 2.75) is 46.0 Å². The first-order chi connectivity index (χ1) is 17.1. The van der Waals surface area contributed by atoms with E-state index in [1.54, 1.807) is 24.3 Å². The number of ether oxygens (including phenoxy) is 6. The van der Waals surface area contributed by atoms with Gasteiger partial charge in [0.25, 0.3) is 0 Å². The molecule has 192 valence electrons. The minimum atomic E-state index is -0.669. The highest BCUT2D eigenvalue weighted by molar-refractivity contribution is 5.91. The number of unbranched alkanes of at least 4 members (excludes halogenated alkanes) is 2. The van der Waals surface area contributed by atoms with Crippen molar-refractivity contribution >= 4 is 11.9 Å². The van der Waals surface area contributed by atoms with Crippen LogP contribution in [0.15, 0.2) is 48.5 Å². The number of hydrogen-bond acceptors (Lipinski definition) is 8. The van der Waals surface area contributed by atoms with Crippen molar-refractivity contribution in [3.63, 3.8) is 0 Å². The molecule has 8 heteroatoms. The van der Waals surface area contributed by atoms with Gasteiger partial charge in [0.15, 0.2) is 0 Å². The van der Waals surface area contributed by atoms with Crippen molar-refractivity contribution < 1.29 is 38.0 Å². The second kappa shape index (κ2) is 17.1. The summed E-state index contributed by atoms with van der Waals surface area (Å²) in [6.45, 7) is 6.00. The summed E-state index contributed by atoms with van der Waals surface area (Å²) in [4.78, 5) is 23.6. The second-order valence-electron chi connectivity index (χ2n) is 7.66. The fourth-order valence-corrected chi connectivity index (χ4v) is 2.78. The Morgan fingerprint density at radius 3 is 1.14 bits per heavy atom. The maximum Gasteiger partial charge on any atom is 0.317 e. The number of rotatable bonds is 18. The van der Waals surface area contributed by atoms with Crippen LogP contribution in [-0.4, -0.2) is 51.6 Å². The molecule has 35 heavy (non-hydrogen) atoms. The maximum absolute atomic E-state index is 11.8. The predicted octanol–water partition coefficient (Wildman–Crippen LogP) is 4.98. The fraction of sp³-hybridized carbons (Fsp3) is 0.481. The maximum atomic E-state index is 11.8. The average molecular weight is 489 g/mol. The van der Waals surface area contributed by atoms with Crippen LogP contribution in [0.2, 0.25) is 0 Å². The summed E-state index contributed by atoms with van der Waals surface area (Å²) in [5, 5.41) is 0. The topological polar surface area (TPSA) is 89.5 Å². The Bertz CT molecular complexity index is 777. The molecule has 2 aromatic carbocycles. The first kappa shape index (κ1) is 27.8. The minimum absolute atomic E-state index is 0.0299. The van der Waals surface area contributed by atoms with E-state index >= 15 is 0 Å². The Balaban J connectivity index is 1.51. The molecule has 0 aliphatic rings. The lowest BCUT2D eigenvalue weighted by Gasteiger charge is -2.10. The highest BCUT2D eigenvalue weighted by Gasteiger charge is 2.12. The zero-order valence-electron chi connectivity index (χ0n) is 20.7. The number of esters is 2. The van der Waals surface area contributed by atoms with E-state index in [4.69, 9.17) is 28.4 Å². The van der Waals surface area contributed by atoms with Gasteiger partial charge in [-0.3, -0.25) is 9.59 Å². The first-order valence-corrected chi connectivity index (χ1v) is 12.1. The van der Waals surface area contributed by atoms with Gasteiger partial charge in [-0.15, -0.1) is 0 Å². The summed E-state index contributed by atoms with van der Waals surface area (Å²) in [6.07, 6.45) is 3.71. The molecular weight excluding hydrogens is 452 g/mol. The van der Waals surface area contributed by atoms with Crippen LogP contribution in [0, 0.1) is 0 Å². The van der Waals surface area contributed by atoms with Gasteiger partial charge >= 0.3 is 11.9 Å². The number of carbonyl (C=O) groups is 2. The summed E-state index contributed by atoms with van der Waals surface area (Å²) >= 11 is 0. The van der Waals surface area contributed by atoms with Crippen LogP contribution in [-0.2, 0) is 19.1 Å². The van der Waals surface area contributed by atoms with Crippen molar-refractivity contribution in [1.29, 1.82) is 0 Å². The van der Waals surface area contributed by atoms with E-state index in [9.17, 15) is 9.59 Å². The van der Waals surface area contributed by atoms with Gasteiger partial charge in [-0.2, -0.15) is 0 Å². The first-order valence-electron chi connectivity index (χ1n) is 12.1. The van der Waals surface area contributed by atoms with Gasteiger partial charge in [-0.25, -0.2) is 0 Å². The van der Waals surface area contributed by atoms with E-state index < -0.39 is 18.4 Å². The van der Waals surface area contributed by atoms with Crippen LogP contribution < -0.4 is 18.9 Å². The van der Waals surface area contributed by atoms with Crippen molar-refractivity contribution in [2.75, 3.05) is 39.6 Å². The minimum Gasteiger partial charge on any atom is -0.494 e. The molecule has 2 aromatic rings. The molecule has 0 amide bonds. The third-order valence-corrected chi connectivity index (χ3v) is 4.70. The Morgan fingerprint density at radius 2 is 0.829 bits per heavy atom. The lowest BCUT2D eigenvalue weighted by Crippen LogP contribution is -2.18. The third kappa shape index (κ3) is 12.6. The van der Waals surface area contributed by atoms with E-state index in [0.717, 1.165) is 37.2 Å². The average Bonchev–Trinajstić information content (AvgIpc) is 2.86. The van der Waals surface area contributed by atoms with Crippen LogP contribution in [0.25, 0.3) is 0 Å². The molecule has 0 bridgehead atoms. The van der Waals surface area contributed by atoms with Crippen LogP contribution in [0.1, 0.15) is 46.0 Å². The lowest BCUT2D eigenvalue weighted by atomic mass is 10.3. The normalized spacial score (nSPS) is 10.3. The standard InChI is InChI=1S/C27H36O8/c1-3-5-15-30-22-7-11-24(12-8-22)32-17-19-34-26(28)21-27(29)35-20-18-33-25-13-9-23(10-14-25)31-16-6-4-2/h7-14H,3-6,15-21H2,1-2H3. The van der Waals surface area contributed by atoms with Gasteiger partial charge in [-0.05, 0) is 61.4 Å². The number of carbonyl (C=O) groups excluding carboxylic acids is 2. The van der Waals surface area contributed by atoms with Gasteiger partial charge in [-0.1, -0.05) is 26.7 Å². The SMILES string of the molecule is CCCCOc1ccc(OCCOC(=O)CC(=O)OCCOc2ccc(OCCCC)cc2)cc1. The van der Waals surface area contributed by atoms with E-state index in [1.807, 2.05) is 24.3 Å². The van der Waals surface area contributed by atoms with Crippen LogP contribution >= 0.6 is 0 Å². The molecular formula is C27H36O8. The van der Waals surface area contributed by atoms with Crippen LogP contribution in [0.5, 0.6) is 23.0 Å². The molecule has 0 aliphatic carbocycles. The van der Waals surface area contributed by atoms with Gasteiger partial charge in [0, 0.05) is 0 Å². The molecule has 0 saturated carbocycles. The van der Waals surface area contributed by atoms with E-state index in [0.29, 0.717) is 24.7 Å². The fourth-order valence-electron chi connectivity index (χ4n) is 2.78. The summed E-state index contributed by atoms with van der Waals surface area (Å²) in [5.41, 5.74) is 0. The molecule has 2 rings (SSSR count). The van der Waals surface area contributed by atoms with Gasteiger partial charge in [0.05, 0.1) is 13.2 Å². The molecule has 8 nitrogen and oxygen atoms in total. The van der Waals surface area contributed by atoms with E-state index in [2.05, 4.69) is 13.8 Å². The monoisotopic (exact) mass is 488 g/mol. The zero-order chi connectivity index (χ0) is 25.1. The Hall–Kier alpha value is -3.42. The second-order valence-corrected chi connectivity index (χ2v) is 7.66. The molecule has 0 N–H and O–H groups in total. The van der Waals surface area contributed by atoms with E-state index in [-0.39, 0.29) is 26.4 Å². The van der Waals surface area contributed by atoms with Crippen LogP contribution in [0.3, 0.4) is 0 Å². The van der Waals surface area contributed by atoms with Gasteiger partial charge in [0.2, 0.25) is 0 Å². The Morgan fingerprint density at radius 1 is 0.514 bits per heavy atom. The number of benzene rings is 2. The molecule has 0 heterocycles. The summed E-state index contributed by atoms with van der Waals surface area (Å²) in [5.74, 6) is 1.51. The summed E-state index contributed by atoms with van der Waals surface area (Å²) in [7, 11) is 0. The van der Waals surface area contributed by atoms with Crippen LogP contribution in [0.4, 0.5) is 0 Å². The Labute approximate surface area is 207 Å². The lowest BCUT2D eigenvalue weighted by molar-refractivity contribution is -0.155. The van der Waals surface area contributed by atoms with E-state index in [1.165, 1.54) is 0 Å². The number of hydrogen-bond donors (Lipinski definition) is 0. The highest BCUT2D eigenvalue weighted by atomic mass is 16.6. The van der Waals surface area contributed by atoms with Crippen molar-refractivity contribution in [1.82, 2.24) is 0 Å². The molecule has 0 aliphatic heterocycles. The van der Waals surface area contributed by atoms with Crippen molar-refractivity contribution in [2.24, 2.45) is 0 Å². The third-order valence-electron chi connectivity index (χ3n) is 4.70. The molecule has 0 aromatic heterocycles. The Kier molecular flexibility index (Phi) is 13.6. The molecule has 0 saturated heterocycles. The molecule has 0 fully saturated rings. The molecule has 0 spiro atoms. The quantitative estimate of drug-likeness (QED) is 0.165.